The average molecular weight is 267 g/mol. The molecule has 0 radical (unpaired) electrons. The van der Waals surface area contributed by atoms with Crippen LogP contribution in [0.4, 0.5) is 0 Å². The van der Waals surface area contributed by atoms with E-state index in [1.165, 1.54) is 11.4 Å². The summed E-state index contributed by atoms with van der Waals surface area (Å²) in [6, 6.07) is 0. The Morgan fingerprint density at radius 3 is 2.53 bits per heavy atom. The summed E-state index contributed by atoms with van der Waals surface area (Å²) in [4.78, 5) is 0. The van der Waals surface area contributed by atoms with Crippen LogP contribution in [0, 0.1) is 0 Å². The molecule has 0 saturated carbocycles. The lowest BCUT2D eigenvalue weighted by Gasteiger charge is -2.27. The van der Waals surface area contributed by atoms with Crippen LogP contribution in [0.3, 0.4) is 0 Å². The van der Waals surface area contributed by atoms with E-state index in [9.17, 15) is 8.42 Å². The van der Waals surface area contributed by atoms with Crippen LogP contribution < -0.4 is 10.0 Å². The van der Waals surface area contributed by atoms with Crippen molar-refractivity contribution in [3.63, 3.8) is 0 Å². The Morgan fingerprint density at radius 2 is 2.00 bits per heavy atom. The second-order valence-corrected chi connectivity index (χ2v) is 5.57. The van der Waals surface area contributed by atoms with Crippen molar-refractivity contribution in [3.05, 3.63) is 0 Å². The van der Waals surface area contributed by atoms with Gasteiger partial charge in [0.15, 0.2) is 0 Å². The Hall–Kier alpha value is -0.250. The van der Waals surface area contributed by atoms with E-state index in [-0.39, 0.29) is 12.6 Å². The van der Waals surface area contributed by atoms with Gasteiger partial charge in [0.1, 0.15) is 0 Å². The molecule has 1 aliphatic heterocycles. The molecule has 1 fully saturated rings. The van der Waals surface area contributed by atoms with E-state index in [1.807, 2.05) is 0 Å². The highest BCUT2D eigenvalue weighted by atomic mass is 32.2. The molecule has 0 amide bonds. The Morgan fingerprint density at radius 1 is 1.35 bits per heavy atom. The Kier molecular flexibility index (Phi) is 6.31. The maximum Gasteiger partial charge on any atom is 0.279 e. The molecule has 102 valence electrons. The fourth-order valence-electron chi connectivity index (χ4n) is 1.57. The minimum absolute atomic E-state index is 0.219. The Bertz CT molecular complexity index is 303. The minimum atomic E-state index is -3.40. The van der Waals surface area contributed by atoms with E-state index in [2.05, 4.69) is 10.0 Å². The first-order valence-electron chi connectivity index (χ1n) is 5.57. The number of hydrogen-bond acceptors (Lipinski definition) is 5. The standard InChI is InChI=1S/C9H21N3O4S/c1-15-8-9(16-2)7-11-17(13,14)12-5-3-10-4-6-12/h9-11H,3-8H2,1-2H3. The zero-order valence-corrected chi connectivity index (χ0v) is 11.1. The minimum Gasteiger partial charge on any atom is -0.382 e. The number of rotatable bonds is 7. The lowest BCUT2D eigenvalue weighted by molar-refractivity contribution is 0.0317. The molecule has 0 spiro atoms. The first-order valence-corrected chi connectivity index (χ1v) is 7.01. The summed E-state index contributed by atoms with van der Waals surface area (Å²) in [5.41, 5.74) is 0. The Balaban J connectivity index is 2.42. The van der Waals surface area contributed by atoms with Crippen LogP contribution in [0.25, 0.3) is 0 Å². The molecular weight excluding hydrogens is 246 g/mol. The third-order valence-corrected chi connectivity index (χ3v) is 4.17. The highest BCUT2D eigenvalue weighted by Gasteiger charge is 2.24. The number of hydrogen-bond donors (Lipinski definition) is 2. The number of piperazine rings is 1. The van der Waals surface area contributed by atoms with Gasteiger partial charge in [-0.1, -0.05) is 0 Å². The molecule has 1 aliphatic rings. The van der Waals surface area contributed by atoms with Gasteiger partial charge in [0.25, 0.3) is 10.2 Å². The molecule has 1 rings (SSSR count). The van der Waals surface area contributed by atoms with Crippen LogP contribution in [0.1, 0.15) is 0 Å². The first-order chi connectivity index (χ1) is 8.10. The SMILES string of the molecule is COCC(CNS(=O)(=O)N1CCNCC1)OC. The lowest BCUT2D eigenvalue weighted by Crippen LogP contribution is -2.51. The second-order valence-electron chi connectivity index (χ2n) is 3.82. The van der Waals surface area contributed by atoms with Crippen molar-refractivity contribution in [1.29, 1.82) is 0 Å². The summed E-state index contributed by atoms with van der Waals surface area (Å²) in [5.74, 6) is 0. The summed E-state index contributed by atoms with van der Waals surface area (Å²) in [7, 11) is -0.316. The van der Waals surface area contributed by atoms with Crippen LogP contribution in [-0.2, 0) is 19.7 Å². The molecule has 0 aromatic heterocycles. The second kappa shape index (κ2) is 7.24. The summed E-state index contributed by atoms with van der Waals surface area (Å²) < 4.78 is 37.8. The largest absolute Gasteiger partial charge is 0.382 e. The molecule has 1 atom stereocenters. The summed E-state index contributed by atoms with van der Waals surface area (Å²) in [6.45, 7) is 2.95. The summed E-state index contributed by atoms with van der Waals surface area (Å²) in [5, 5.41) is 3.10. The van der Waals surface area contributed by atoms with Crippen LogP contribution >= 0.6 is 0 Å². The molecule has 1 heterocycles. The van der Waals surface area contributed by atoms with Gasteiger partial charge in [-0.3, -0.25) is 0 Å². The monoisotopic (exact) mass is 267 g/mol. The van der Waals surface area contributed by atoms with E-state index in [0.717, 1.165) is 0 Å². The summed E-state index contributed by atoms with van der Waals surface area (Å²) in [6.07, 6.45) is -0.266. The normalized spacial score (nSPS) is 20.4. The van der Waals surface area contributed by atoms with Gasteiger partial charge in [0, 0.05) is 46.9 Å². The smallest absolute Gasteiger partial charge is 0.279 e. The van der Waals surface area contributed by atoms with Crippen molar-refractivity contribution in [2.24, 2.45) is 0 Å². The Labute approximate surface area is 103 Å². The van der Waals surface area contributed by atoms with E-state index in [4.69, 9.17) is 9.47 Å². The topological polar surface area (TPSA) is 79.9 Å². The van der Waals surface area contributed by atoms with Crippen LogP contribution in [0.15, 0.2) is 0 Å². The van der Waals surface area contributed by atoms with Crippen molar-refractivity contribution >= 4 is 10.2 Å². The summed E-state index contributed by atoms with van der Waals surface area (Å²) >= 11 is 0. The quantitative estimate of drug-likeness (QED) is 0.580. The number of ether oxygens (including phenoxy) is 2. The molecule has 1 saturated heterocycles. The molecule has 0 aromatic carbocycles. The molecule has 17 heavy (non-hydrogen) atoms. The van der Waals surface area contributed by atoms with Crippen molar-refractivity contribution in [3.8, 4) is 0 Å². The van der Waals surface area contributed by atoms with E-state index >= 15 is 0 Å². The van der Waals surface area contributed by atoms with Gasteiger partial charge >= 0.3 is 0 Å². The maximum atomic E-state index is 11.9. The van der Waals surface area contributed by atoms with Gasteiger partial charge in [-0.25, -0.2) is 0 Å². The van der Waals surface area contributed by atoms with Gasteiger partial charge in [-0.15, -0.1) is 0 Å². The molecule has 1 unspecified atom stereocenters. The fraction of sp³-hybridized carbons (Fsp3) is 1.00. The molecule has 2 N–H and O–H groups in total. The van der Waals surface area contributed by atoms with Crippen LogP contribution in [0.5, 0.6) is 0 Å². The van der Waals surface area contributed by atoms with Crippen molar-refractivity contribution < 1.29 is 17.9 Å². The lowest BCUT2D eigenvalue weighted by atomic mass is 10.4. The van der Waals surface area contributed by atoms with Crippen molar-refractivity contribution in [2.45, 2.75) is 6.10 Å². The van der Waals surface area contributed by atoms with Crippen molar-refractivity contribution in [2.75, 3.05) is 53.6 Å². The highest BCUT2D eigenvalue weighted by Crippen LogP contribution is 2.00. The molecule has 0 aliphatic carbocycles. The number of nitrogens with zero attached hydrogens (tertiary/aromatic N) is 1. The van der Waals surface area contributed by atoms with Gasteiger partial charge in [-0.2, -0.15) is 17.4 Å². The maximum absolute atomic E-state index is 11.9. The van der Waals surface area contributed by atoms with Gasteiger partial charge in [0.2, 0.25) is 0 Å². The molecule has 0 aromatic rings. The zero-order chi connectivity index (χ0) is 12.7. The average Bonchev–Trinajstić information content (AvgIpc) is 2.35. The molecule has 0 bridgehead atoms. The third kappa shape index (κ3) is 4.86. The van der Waals surface area contributed by atoms with Crippen molar-refractivity contribution in [1.82, 2.24) is 14.3 Å². The van der Waals surface area contributed by atoms with Crippen LogP contribution in [-0.4, -0.2) is 72.4 Å². The van der Waals surface area contributed by atoms with Crippen LogP contribution in [0.2, 0.25) is 0 Å². The molecule has 7 nitrogen and oxygen atoms in total. The predicted molar refractivity (Wildman–Crippen MR) is 64.0 cm³/mol. The number of nitrogens with one attached hydrogen (secondary N) is 2. The molecule has 8 heteroatoms. The van der Waals surface area contributed by atoms with E-state index in [1.54, 1.807) is 7.11 Å². The first kappa shape index (κ1) is 14.8. The van der Waals surface area contributed by atoms with Gasteiger partial charge < -0.3 is 14.8 Å². The predicted octanol–water partition coefficient (Wildman–Crippen LogP) is -1.61. The fourth-order valence-corrected chi connectivity index (χ4v) is 2.81. The number of methoxy groups -OCH3 is 2. The van der Waals surface area contributed by atoms with Gasteiger partial charge in [-0.05, 0) is 0 Å². The molecular formula is C9H21N3O4S. The zero-order valence-electron chi connectivity index (χ0n) is 10.3. The highest BCUT2D eigenvalue weighted by molar-refractivity contribution is 7.87. The van der Waals surface area contributed by atoms with Gasteiger partial charge in [0.05, 0.1) is 12.7 Å². The van der Waals surface area contributed by atoms with E-state index < -0.39 is 10.2 Å². The van der Waals surface area contributed by atoms with E-state index in [0.29, 0.717) is 32.8 Å². The third-order valence-electron chi connectivity index (χ3n) is 2.60.